The number of rotatable bonds is 16. The van der Waals surface area contributed by atoms with Crippen molar-refractivity contribution in [1.29, 1.82) is 0 Å². The Labute approximate surface area is 339 Å². The summed E-state index contributed by atoms with van der Waals surface area (Å²) >= 11 is 0. The predicted octanol–water partition coefficient (Wildman–Crippen LogP) is 14.9. The van der Waals surface area contributed by atoms with Gasteiger partial charge in [0.05, 0.1) is 7.85 Å². The van der Waals surface area contributed by atoms with Crippen molar-refractivity contribution in [2.45, 2.75) is 188 Å². The lowest BCUT2D eigenvalue weighted by Gasteiger charge is -2.21. The number of Topliss-reactive ketones (excluding diaryl/α,β-unsaturated/α-hetero) is 1. The van der Waals surface area contributed by atoms with Gasteiger partial charge < -0.3 is 4.79 Å². The SMILES string of the molecule is C=CC=O.CC.CC(C)C.CCC.CCC(C)CC.CCCCC=O.[B]Cc1ccc(C)c(C(C(=O)C(CCC)CCc2ccccc2CC)=C(C)C)c1. The van der Waals surface area contributed by atoms with Gasteiger partial charge in [0.2, 0.25) is 0 Å². The summed E-state index contributed by atoms with van der Waals surface area (Å²) in [5.74, 6) is 2.11. The van der Waals surface area contributed by atoms with Crippen LogP contribution in [0.5, 0.6) is 0 Å². The summed E-state index contributed by atoms with van der Waals surface area (Å²) in [5, 5.41) is 0. The topological polar surface area (TPSA) is 51.2 Å². The van der Waals surface area contributed by atoms with Crippen molar-refractivity contribution in [1.82, 2.24) is 0 Å². The van der Waals surface area contributed by atoms with Gasteiger partial charge in [0.15, 0.2) is 5.78 Å². The zero-order valence-electron chi connectivity index (χ0n) is 38.5. The van der Waals surface area contributed by atoms with Crippen LogP contribution in [0.15, 0.2) is 60.7 Å². The fourth-order valence-electron chi connectivity index (χ4n) is 4.73. The minimum Gasteiger partial charge on any atom is -0.303 e. The van der Waals surface area contributed by atoms with Crippen LogP contribution < -0.4 is 0 Å². The first-order valence-electron chi connectivity index (χ1n) is 21.3. The van der Waals surface area contributed by atoms with Crippen molar-refractivity contribution >= 4 is 31.8 Å². The molecular formula is C50H87BO3. The molecule has 1 atom stereocenters. The fourth-order valence-corrected chi connectivity index (χ4v) is 4.73. The third-order valence-electron chi connectivity index (χ3n) is 7.99. The van der Waals surface area contributed by atoms with E-state index in [2.05, 4.69) is 146 Å². The Morgan fingerprint density at radius 1 is 0.815 bits per heavy atom. The maximum Gasteiger partial charge on any atom is 0.166 e. The van der Waals surface area contributed by atoms with Crippen LogP contribution in [0.2, 0.25) is 0 Å². The number of carbonyl (C=O) groups excluding carboxylic acids is 3. The number of carbonyl (C=O) groups is 3. The molecule has 2 aromatic rings. The van der Waals surface area contributed by atoms with Crippen LogP contribution in [0.4, 0.5) is 0 Å². The summed E-state index contributed by atoms with van der Waals surface area (Å²) in [6, 6.07) is 14.9. The van der Waals surface area contributed by atoms with Crippen molar-refractivity contribution in [2.75, 3.05) is 0 Å². The molecule has 0 fully saturated rings. The normalized spacial score (nSPS) is 9.89. The van der Waals surface area contributed by atoms with Gasteiger partial charge in [0.25, 0.3) is 0 Å². The molecule has 0 heterocycles. The Balaban J connectivity index is -0.000000259. The second-order valence-electron chi connectivity index (χ2n) is 14.3. The van der Waals surface area contributed by atoms with E-state index in [-0.39, 0.29) is 11.7 Å². The molecule has 0 aliphatic carbocycles. The number of unbranched alkanes of at least 4 members (excludes halogenated alkanes) is 2. The molecule has 0 amide bonds. The lowest BCUT2D eigenvalue weighted by Crippen LogP contribution is -2.19. The summed E-state index contributed by atoms with van der Waals surface area (Å²) < 4.78 is 0. The Hall–Kier alpha value is -3.01. The van der Waals surface area contributed by atoms with E-state index in [1.165, 1.54) is 36.5 Å². The lowest BCUT2D eigenvalue weighted by atomic mass is 9.81. The van der Waals surface area contributed by atoms with Crippen molar-refractivity contribution < 1.29 is 14.4 Å². The van der Waals surface area contributed by atoms with Crippen LogP contribution in [0.25, 0.3) is 5.57 Å². The first-order valence-corrected chi connectivity index (χ1v) is 21.3. The third-order valence-corrected chi connectivity index (χ3v) is 7.99. The van der Waals surface area contributed by atoms with Crippen LogP contribution in [-0.4, -0.2) is 26.2 Å². The number of benzene rings is 2. The molecule has 0 saturated carbocycles. The Morgan fingerprint density at radius 2 is 1.31 bits per heavy atom. The highest BCUT2D eigenvalue weighted by Gasteiger charge is 2.24. The van der Waals surface area contributed by atoms with E-state index < -0.39 is 0 Å². The Morgan fingerprint density at radius 3 is 1.65 bits per heavy atom. The van der Waals surface area contributed by atoms with Crippen LogP contribution in [0.1, 0.15) is 189 Å². The fraction of sp³-hybridized carbons (Fsp3) is 0.620. The van der Waals surface area contributed by atoms with Crippen molar-refractivity contribution in [3.8, 4) is 0 Å². The van der Waals surface area contributed by atoms with E-state index in [1.54, 1.807) is 0 Å². The molecule has 1 unspecified atom stereocenters. The van der Waals surface area contributed by atoms with Crippen LogP contribution in [0, 0.1) is 24.7 Å². The van der Waals surface area contributed by atoms with Gasteiger partial charge in [0, 0.05) is 17.9 Å². The van der Waals surface area contributed by atoms with Gasteiger partial charge in [-0.3, -0.25) is 9.59 Å². The zero-order valence-corrected chi connectivity index (χ0v) is 38.5. The minimum atomic E-state index is 0.0516. The van der Waals surface area contributed by atoms with Gasteiger partial charge in [-0.15, -0.1) is 0 Å². The average Bonchev–Trinajstić information content (AvgIpc) is 3.17. The van der Waals surface area contributed by atoms with Crippen molar-refractivity contribution in [2.24, 2.45) is 17.8 Å². The monoisotopic (exact) mass is 747 g/mol. The molecule has 0 bridgehead atoms. The molecule has 308 valence electrons. The number of aryl methyl sites for hydroxylation is 3. The maximum absolute atomic E-state index is 13.7. The van der Waals surface area contributed by atoms with Gasteiger partial charge in [-0.2, -0.15) is 0 Å². The van der Waals surface area contributed by atoms with E-state index in [0.717, 1.165) is 97.3 Å². The zero-order chi connectivity index (χ0) is 42.9. The first kappa shape index (κ1) is 60.3. The largest absolute Gasteiger partial charge is 0.303 e. The van der Waals surface area contributed by atoms with E-state index in [1.807, 2.05) is 13.8 Å². The smallest absolute Gasteiger partial charge is 0.166 e. The summed E-state index contributed by atoms with van der Waals surface area (Å²) in [6.45, 7) is 37.2. The van der Waals surface area contributed by atoms with E-state index in [9.17, 15) is 9.59 Å². The van der Waals surface area contributed by atoms with Crippen LogP contribution >= 0.6 is 0 Å². The van der Waals surface area contributed by atoms with Crippen molar-refractivity contribution in [3.63, 3.8) is 0 Å². The molecule has 0 aromatic heterocycles. The molecule has 0 saturated heterocycles. The summed E-state index contributed by atoms with van der Waals surface area (Å²) in [7, 11) is 5.87. The van der Waals surface area contributed by atoms with E-state index >= 15 is 0 Å². The Bertz CT molecular complexity index is 1180. The highest BCUT2D eigenvalue weighted by atomic mass is 16.1. The number of aldehydes is 2. The highest BCUT2D eigenvalue weighted by Crippen LogP contribution is 2.31. The second kappa shape index (κ2) is 44.4. The van der Waals surface area contributed by atoms with Crippen LogP contribution in [-0.2, 0) is 33.5 Å². The summed E-state index contributed by atoms with van der Waals surface area (Å²) in [6.07, 6.45) is 14.9. The predicted molar refractivity (Wildman–Crippen MR) is 246 cm³/mol. The van der Waals surface area contributed by atoms with Gasteiger partial charge >= 0.3 is 0 Å². The molecule has 0 spiro atoms. The third kappa shape index (κ3) is 34.7. The molecule has 3 nitrogen and oxygen atoms in total. The molecule has 0 N–H and O–H groups in total. The quantitative estimate of drug-likeness (QED) is 0.0744. The minimum absolute atomic E-state index is 0.0516. The molecular weight excluding hydrogens is 659 g/mol. The number of allylic oxidation sites excluding steroid dienone is 3. The van der Waals surface area contributed by atoms with Gasteiger partial charge in [-0.25, -0.2) is 0 Å². The summed E-state index contributed by atoms with van der Waals surface area (Å²) in [5.41, 5.74) is 8.00. The molecule has 4 heteroatoms. The average molecular weight is 747 g/mol. The standard InChI is InChI=1S/C27H35BO.C6H14.C5H10O.C4H10.C3H4O.C3H8.C2H6/c1-6-10-24(16-15-23-12-9-8-11-22(23)7-2)27(29)26(19(3)4)25-17-21(18-28)14-13-20(25)5;1-4-6(3)5-2;1-2-3-4-5-6;1-4(2)3;1-2-3-4;1-3-2;1-2/h8-9,11-14,17,24H,6-7,10,15-16,18H2,1-5H3;6H,4-5H2,1-3H3;5H,2-4H2,1H3;4H,1-3H3;2-3H,1H2;3H2,1-2H3;1-2H3. The Kier molecular flexibility index (Phi) is 49.5. The molecule has 0 aliphatic rings. The molecule has 0 aliphatic heterocycles. The van der Waals surface area contributed by atoms with E-state index in [4.69, 9.17) is 12.6 Å². The number of hydrogen-bond acceptors (Lipinski definition) is 3. The second-order valence-corrected chi connectivity index (χ2v) is 14.3. The van der Waals surface area contributed by atoms with Crippen LogP contribution in [0.3, 0.4) is 0 Å². The van der Waals surface area contributed by atoms with Gasteiger partial charge in [-0.05, 0) is 93.0 Å². The number of hydrogen-bond donors (Lipinski definition) is 0. The number of ketones is 1. The molecule has 54 heavy (non-hydrogen) atoms. The maximum atomic E-state index is 13.7. The highest BCUT2D eigenvalue weighted by molar-refractivity contribution is 6.23. The van der Waals surface area contributed by atoms with E-state index in [0.29, 0.717) is 12.6 Å². The van der Waals surface area contributed by atoms with Gasteiger partial charge in [-0.1, -0.05) is 189 Å². The van der Waals surface area contributed by atoms with Crippen molar-refractivity contribution in [3.05, 3.63) is 88.5 Å². The van der Waals surface area contributed by atoms with Gasteiger partial charge in [0.1, 0.15) is 12.6 Å². The molecule has 2 rings (SSSR count). The molecule has 2 aromatic carbocycles. The first-order chi connectivity index (χ1) is 25.7. The summed E-state index contributed by atoms with van der Waals surface area (Å²) in [4.78, 5) is 32.3. The lowest BCUT2D eigenvalue weighted by molar-refractivity contribution is -0.117. The molecule has 2 radical (unpaired) electrons.